The Morgan fingerprint density at radius 1 is 1.30 bits per heavy atom. The topological polar surface area (TPSA) is 80.2 Å². The highest BCUT2D eigenvalue weighted by molar-refractivity contribution is 7.90. The van der Waals surface area contributed by atoms with Crippen molar-refractivity contribution < 1.29 is 17.6 Å². The van der Waals surface area contributed by atoms with Crippen molar-refractivity contribution >= 4 is 33.2 Å². The van der Waals surface area contributed by atoms with E-state index >= 15 is 0 Å². The summed E-state index contributed by atoms with van der Waals surface area (Å²) < 4.78 is 42.3. The fourth-order valence-corrected chi connectivity index (χ4v) is 5.34. The Balaban J connectivity index is 1.57. The smallest absolute Gasteiger partial charge is 0.272 e. The average molecular weight is 412 g/mol. The molecule has 6 nitrogen and oxygen atoms in total. The van der Waals surface area contributed by atoms with E-state index in [0.717, 1.165) is 11.1 Å². The molecule has 2 aliphatic rings. The van der Waals surface area contributed by atoms with Crippen LogP contribution in [-0.4, -0.2) is 24.1 Å². The maximum absolute atomic E-state index is 13.3. The van der Waals surface area contributed by atoms with Crippen molar-refractivity contribution in [3.8, 4) is 0 Å². The van der Waals surface area contributed by atoms with Gasteiger partial charge in [-0.05, 0) is 55.0 Å². The number of hydrogen-bond acceptors (Lipinski definition) is 3. The number of amides is 1. The Labute approximate surface area is 161 Å². The molecule has 1 unspecified atom stereocenters. The molecule has 1 heterocycles. The van der Waals surface area contributed by atoms with Crippen molar-refractivity contribution in [2.75, 3.05) is 5.32 Å². The molecule has 0 bridgehead atoms. The van der Waals surface area contributed by atoms with E-state index in [-0.39, 0.29) is 22.2 Å². The Morgan fingerprint density at radius 2 is 2.04 bits per heavy atom. The summed E-state index contributed by atoms with van der Waals surface area (Å²) in [6.07, 6.45) is 4.45. The molecule has 0 saturated heterocycles. The van der Waals surface area contributed by atoms with Gasteiger partial charge < -0.3 is 9.88 Å². The second-order valence-corrected chi connectivity index (χ2v) is 9.46. The zero-order valence-electron chi connectivity index (χ0n) is 14.6. The van der Waals surface area contributed by atoms with Gasteiger partial charge in [-0.15, -0.1) is 0 Å². The van der Waals surface area contributed by atoms with E-state index in [4.69, 9.17) is 11.6 Å². The summed E-state index contributed by atoms with van der Waals surface area (Å²) in [4.78, 5) is 12.8. The first-order valence-electron chi connectivity index (χ1n) is 8.72. The number of anilines is 1. The first kappa shape index (κ1) is 18.5. The van der Waals surface area contributed by atoms with Gasteiger partial charge in [0.1, 0.15) is 11.5 Å². The van der Waals surface area contributed by atoms with Crippen LogP contribution in [0.15, 0.2) is 24.4 Å². The first-order valence-corrected chi connectivity index (χ1v) is 10.6. The number of sulfonamides is 1. The monoisotopic (exact) mass is 411 g/mol. The van der Waals surface area contributed by atoms with Gasteiger partial charge in [-0.25, -0.2) is 17.5 Å². The van der Waals surface area contributed by atoms with Crippen LogP contribution in [0.1, 0.15) is 46.9 Å². The summed E-state index contributed by atoms with van der Waals surface area (Å²) >= 11 is 5.76. The largest absolute Gasteiger partial charge is 0.346 e. The highest BCUT2D eigenvalue weighted by Crippen LogP contribution is 2.37. The third kappa shape index (κ3) is 3.49. The maximum atomic E-state index is 13.3. The molecule has 1 saturated carbocycles. The number of carbonyl (C=O) groups excluding carboxylic acids is 1. The van der Waals surface area contributed by atoms with Crippen LogP contribution in [0, 0.1) is 5.82 Å². The Kier molecular flexibility index (Phi) is 4.52. The number of aryl methyl sites for hydroxylation is 1. The molecule has 1 aromatic carbocycles. The van der Waals surface area contributed by atoms with Crippen LogP contribution in [0.25, 0.3) is 0 Å². The quantitative estimate of drug-likeness (QED) is 0.793. The van der Waals surface area contributed by atoms with Crippen molar-refractivity contribution in [2.45, 2.75) is 37.0 Å². The normalized spacial score (nSPS) is 19.1. The lowest BCUT2D eigenvalue weighted by atomic mass is 10.1. The van der Waals surface area contributed by atoms with Crippen molar-refractivity contribution in [3.05, 3.63) is 52.1 Å². The van der Waals surface area contributed by atoms with E-state index in [1.165, 1.54) is 18.2 Å². The Morgan fingerprint density at radius 3 is 2.70 bits per heavy atom. The lowest BCUT2D eigenvalue weighted by Crippen LogP contribution is -2.30. The summed E-state index contributed by atoms with van der Waals surface area (Å²) in [6, 6.07) is 3.67. The van der Waals surface area contributed by atoms with Gasteiger partial charge in [-0.3, -0.25) is 4.79 Å². The number of carbonyl (C=O) groups is 1. The van der Waals surface area contributed by atoms with Gasteiger partial charge in [0.2, 0.25) is 10.0 Å². The third-order valence-corrected chi connectivity index (χ3v) is 7.29. The zero-order valence-corrected chi connectivity index (χ0v) is 16.2. The Bertz CT molecular complexity index is 1030. The van der Waals surface area contributed by atoms with E-state index in [2.05, 4.69) is 10.0 Å². The fourth-order valence-electron chi connectivity index (χ4n) is 3.56. The van der Waals surface area contributed by atoms with Gasteiger partial charge >= 0.3 is 0 Å². The molecule has 2 aromatic rings. The predicted octanol–water partition coefficient (Wildman–Crippen LogP) is 3.14. The second kappa shape index (κ2) is 6.61. The molecule has 1 amide bonds. The summed E-state index contributed by atoms with van der Waals surface area (Å²) in [5.41, 5.74) is 2.54. The van der Waals surface area contributed by atoms with E-state index in [1.54, 1.807) is 17.8 Å². The number of hydrogen-bond donors (Lipinski definition) is 2. The third-order valence-electron chi connectivity index (χ3n) is 5.04. The van der Waals surface area contributed by atoms with Crippen LogP contribution >= 0.6 is 11.6 Å². The van der Waals surface area contributed by atoms with Crippen LogP contribution in [0.3, 0.4) is 0 Å². The molecule has 2 N–H and O–H groups in total. The molecule has 0 spiro atoms. The van der Waals surface area contributed by atoms with Crippen molar-refractivity contribution in [1.29, 1.82) is 0 Å². The molecule has 0 radical (unpaired) electrons. The lowest BCUT2D eigenvalue weighted by molar-refractivity contribution is 0.101. The molecular weight excluding hydrogens is 393 g/mol. The first-order chi connectivity index (χ1) is 12.8. The molecule has 1 aromatic heterocycles. The molecule has 1 fully saturated rings. The minimum Gasteiger partial charge on any atom is -0.346 e. The molecule has 0 aliphatic heterocycles. The SMILES string of the molecule is Cn1cc2c(c1C(=O)Nc1ccc(F)c(Cl)c1)CCC2NS(=O)(=O)C1CC1. The number of nitrogens with one attached hydrogen (secondary N) is 2. The molecule has 4 rings (SSSR count). The number of benzene rings is 1. The van der Waals surface area contributed by atoms with Crippen molar-refractivity contribution in [2.24, 2.45) is 7.05 Å². The number of aromatic nitrogens is 1. The van der Waals surface area contributed by atoms with Crippen LogP contribution in [0.5, 0.6) is 0 Å². The molecule has 144 valence electrons. The van der Waals surface area contributed by atoms with Crippen LogP contribution < -0.4 is 10.0 Å². The zero-order chi connectivity index (χ0) is 19.3. The number of halogens is 2. The summed E-state index contributed by atoms with van der Waals surface area (Å²) in [5, 5.41) is 2.37. The summed E-state index contributed by atoms with van der Waals surface area (Å²) in [7, 11) is -1.56. The Hall–Kier alpha value is -1.90. The van der Waals surface area contributed by atoms with Crippen molar-refractivity contribution in [3.63, 3.8) is 0 Å². The van der Waals surface area contributed by atoms with E-state index in [0.29, 0.717) is 37.1 Å². The predicted molar refractivity (Wildman–Crippen MR) is 101 cm³/mol. The van der Waals surface area contributed by atoms with Gasteiger partial charge in [-0.2, -0.15) is 0 Å². The standard InChI is InChI=1S/C18H19ClFN3O3S/c1-23-9-13-12(5-7-16(13)22-27(25,26)11-3-4-11)17(23)18(24)21-10-2-6-15(20)14(19)8-10/h2,6,8-9,11,16,22H,3-5,7H2,1H3,(H,21,24). The summed E-state index contributed by atoms with van der Waals surface area (Å²) in [6.45, 7) is 0. The lowest BCUT2D eigenvalue weighted by Gasteiger charge is -2.12. The number of rotatable bonds is 5. The molecule has 2 aliphatic carbocycles. The van der Waals surface area contributed by atoms with Gasteiger partial charge in [0.15, 0.2) is 0 Å². The minimum atomic E-state index is -3.30. The van der Waals surface area contributed by atoms with Gasteiger partial charge in [-0.1, -0.05) is 11.6 Å². The minimum absolute atomic E-state index is 0.0699. The van der Waals surface area contributed by atoms with Crippen LogP contribution in [0.4, 0.5) is 10.1 Å². The number of nitrogens with zero attached hydrogens (tertiary/aromatic N) is 1. The molecule has 27 heavy (non-hydrogen) atoms. The van der Waals surface area contributed by atoms with Gasteiger partial charge in [0.05, 0.1) is 10.3 Å². The molecule has 9 heteroatoms. The maximum Gasteiger partial charge on any atom is 0.272 e. The molecular formula is C18H19ClFN3O3S. The second-order valence-electron chi connectivity index (χ2n) is 7.06. The molecule has 1 atom stereocenters. The van der Waals surface area contributed by atoms with E-state index in [9.17, 15) is 17.6 Å². The number of fused-ring (bicyclic) bond motifs is 1. The highest BCUT2D eigenvalue weighted by Gasteiger charge is 2.39. The average Bonchev–Trinajstić information content (AvgIpc) is 3.32. The van der Waals surface area contributed by atoms with E-state index in [1.807, 2.05) is 0 Å². The van der Waals surface area contributed by atoms with Crippen LogP contribution in [-0.2, 0) is 23.5 Å². The van der Waals surface area contributed by atoms with Crippen LogP contribution in [0.2, 0.25) is 5.02 Å². The van der Waals surface area contributed by atoms with Gasteiger partial charge in [0.25, 0.3) is 5.91 Å². The summed E-state index contributed by atoms with van der Waals surface area (Å²) in [5.74, 6) is -0.896. The fraction of sp³-hybridized carbons (Fsp3) is 0.389. The van der Waals surface area contributed by atoms with Crippen molar-refractivity contribution in [1.82, 2.24) is 9.29 Å². The van der Waals surface area contributed by atoms with Gasteiger partial charge in [0, 0.05) is 25.0 Å². The highest BCUT2D eigenvalue weighted by atomic mass is 35.5. The van der Waals surface area contributed by atoms with E-state index < -0.39 is 15.8 Å².